The standard InChI is InChI=1S/C14H23NO5S/c1-3-15(11-4-5-11)12(16)9-21(18,19)10-14(6-7-14)8-13(17)20-2/h11H,3-10H2,1-2H3. The van der Waals surface area contributed by atoms with E-state index in [0.29, 0.717) is 19.4 Å². The smallest absolute Gasteiger partial charge is 0.306 e. The van der Waals surface area contributed by atoms with Gasteiger partial charge in [0.15, 0.2) is 9.84 Å². The van der Waals surface area contributed by atoms with Crippen molar-refractivity contribution in [1.82, 2.24) is 4.90 Å². The number of hydrogen-bond donors (Lipinski definition) is 0. The summed E-state index contributed by atoms with van der Waals surface area (Å²) in [7, 11) is -2.19. The molecule has 0 aromatic carbocycles. The first-order valence-corrected chi connectivity index (χ1v) is 9.20. The molecule has 2 rings (SSSR count). The summed E-state index contributed by atoms with van der Waals surface area (Å²) >= 11 is 0. The van der Waals surface area contributed by atoms with Crippen LogP contribution in [0.15, 0.2) is 0 Å². The molecule has 0 atom stereocenters. The summed E-state index contributed by atoms with van der Waals surface area (Å²) in [6, 6.07) is 0.225. The first-order chi connectivity index (χ1) is 9.81. The second-order valence-corrected chi connectivity index (χ2v) is 8.26. The lowest BCUT2D eigenvalue weighted by Gasteiger charge is -2.21. The predicted octanol–water partition coefficient (Wildman–Crippen LogP) is 0.755. The summed E-state index contributed by atoms with van der Waals surface area (Å²) in [6.45, 7) is 2.41. The Balaban J connectivity index is 1.92. The van der Waals surface area contributed by atoms with Crippen molar-refractivity contribution in [2.24, 2.45) is 5.41 Å². The van der Waals surface area contributed by atoms with Gasteiger partial charge in [-0.3, -0.25) is 9.59 Å². The number of ether oxygens (including phenoxy) is 1. The Morgan fingerprint density at radius 1 is 1.29 bits per heavy atom. The minimum Gasteiger partial charge on any atom is -0.469 e. The normalized spacial score (nSPS) is 19.9. The van der Waals surface area contributed by atoms with Crippen molar-refractivity contribution in [3.63, 3.8) is 0 Å². The fourth-order valence-electron chi connectivity index (χ4n) is 2.74. The monoisotopic (exact) mass is 317 g/mol. The van der Waals surface area contributed by atoms with Gasteiger partial charge < -0.3 is 9.64 Å². The predicted molar refractivity (Wildman–Crippen MR) is 77.4 cm³/mol. The highest BCUT2D eigenvalue weighted by Crippen LogP contribution is 2.50. The van der Waals surface area contributed by atoms with Gasteiger partial charge >= 0.3 is 5.97 Å². The van der Waals surface area contributed by atoms with Gasteiger partial charge in [0.25, 0.3) is 0 Å². The Bertz CT molecular complexity index is 519. The molecular weight excluding hydrogens is 294 g/mol. The number of rotatable bonds is 8. The molecule has 2 fully saturated rings. The first-order valence-electron chi connectivity index (χ1n) is 7.37. The maximum atomic E-state index is 12.2. The molecule has 1 amide bonds. The van der Waals surface area contributed by atoms with Crippen LogP contribution in [-0.4, -0.2) is 56.4 Å². The van der Waals surface area contributed by atoms with E-state index in [1.807, 2.05) is 6.92 Å². The maximum Gasteiger partial charge on any atom is 0.306 e. The number of hydrogen-bond acceptors (Lipinski definition) is 5. The molecule has 2 saturated carbocycles. The molecule has 0 aromatic heterocycles. The van der Waals surface area contributed by atoms with E-state index >= 15 is 0 Å². The topological polar surface area (TPSA) is 80.8 Å². The average molecular weight is 317 g/mol. The minimum atomic E-state index is -3.49. The Labute approximate surface area is 125 Å². The largest absolute Gasteiger partial charge is 0.469 e. The number of carbonyl (C=O) groups excluding carboxylic acids is 2. The molecule has 0 aromatic rings. The van der Waals surface area contributed by atoms with E-state index in [2.05, 4.69) is 4.74 Å². The van der Waals surface area contributed by atoms with E-state index in [0.717, 1.165) is 12.8 Å². The van der Waals surface area contributed by atoms with Crippen LogP contribution in [0.5, 0.6) is 0 Å². The lowest BCUT2D eigenvalue weighted by Crippen LogP contribution is -2.38. The van der Waals surface area contributed by atoms with Gasteiger partial charge in [-0.25, -0.2) is 8.42 Å². The molecule has 21 heavy (non-hydrogen) atoms. The molecule has 0 N–H and O–H groups in total. The van der Waals surface area contributed by atoms with Crippen LogP contribution in [0.4, 0.5) is 0 Å². The molecule has 6 nitrogen and oxygen atoms in total. The molecule has 2 aliphatic carbocycles. The lowest BCUT2D eigenvalue weighted by molar-refractivity contribution is -0.141. The Kier molecular flexibility index (Phi) is 4.60. The third-order valence-electron chi connectivity index (χ3n) is 4.22. The van der Waals surface area contributed by atoms with Crippen LogP contribution in [0, 0.1) is 5.41 Å². The number of carbonyl (C=O) groups is 2. The van der Waals surface area contributed by atoms with Crippen LogP contribution in [0.2, 0.25) is 0 Å². The Hall–Kier alpha value is -1.11. The van der Waals surface area contributed by atoms with E-state index in [1.54, 1.807) is 4.90 Å². The zero-order valence-electron chi connectivity index (χ0n) is 12.6. The summed E-state index contributed by atoms with van der Waals surface area (Å²) in [4.78, 5) is 25.1. The number of sulfone groups is 1. The molecule has 0 radical (unpaired) electrons. The van der Waals surface area contributed by atoms with Gasteiger partial charge in [-0.1, -0.05) is 0 Å². The second-order valence-electron chi connectivity index (χ2n) is 6.20. The molecule has 0 aliphatic heterocycles. The van der Waals surface area contributed by atoms with E-state index in [-0.39, 0.29) is 30.1 Å². The van der Waals surface area contributed by atoms with Gasteiger partial charge in [0, 0.05) is 12.6 Å². The summed E-state index contributed by atoms with van der Waals surface area (Å²) in [5.41, 5.74) is -0.497. The van der Waals surface area contributed by atoms with Crippen molar-refractivity contribution in [1.29, 1.82) is 0 Å². The van der Waals surface area contributed by atoms with Crippen LogP contribution in [0.25, 0.3) is 0 Å². The van der Waals surface area contributed by atoms with Crippen molar-refractivity contribution in [2.45, 2.75) is 45.1 Å². The van der Waals surface area contributed by atoms with Crippen molar-refractivity contribution in [3.8, 4) is 0 Å². The van der Waals surface area contributed by atoms with E-state index in [4.69, 9.17) is 0 Å². The summed E-state index contributed by atoms with van der Waals surface area (Å²) < 4.78 is 29.1. The molecule has 7 heteroatoms. The van der Waals surface area contributed by atoms with Gasteiger partial charge in [-0.2, -0.15) is 0 Å². The molecule has 0 unspecified atom stereocenters. The number of methoxy groups -OCH3 is 1. The van der Waals surface area contributed by atoms with Gasteiger partial charge in [0.05, 0.1) is 19.3 Å². The third kappa shape index (κ3) is 4.43. The molecule has 0 spiro atoms. The lowest BCUT2D eigenvalue weighted by atomic mass is 10.1. The van der Waals surface area contributed by atoms with Gasteiger partial charge in [0.1, 0.15) is 5.75 Å². The van der Waals surface area contributed by atoms with Crippen LogP contribution in [-0.2, 0) is 24.2 Å². The summed E-state index contributed by atoms with van der Waals surface area (Å²) in [5, 5.41) is 0. The van der Waals surface area contributed by atoms with Crippen LogP contribution < -0.4 is 0 Å². The van der Waals surface area contributed by atoms with Crippen molar-refractivity contribution in [2.75, 3.05) is 25.2 Å². The van der Waals surface area contributed by atoms with Crippen LogP contribution in [0.1, 0.15) is 39.0 Å². The molecule has 2 aliphatic rings. The Morgan fingerprint density at radius 3 is 2.33 bits per heavy atom. The van der Waals surface area contributed by atoms with Crippen molar-refractivity contribution < 1.29 is 22.7 Å². The number of amides is 1. The molecular formula is C14H23NO5S. The number of esters is 1. The minimum absolute atomic E-state index is 0.0942. The molecule has 0 heterocycles. The molecule has 0 saturated heterocycles. The average Bonchev–Trinajstić information content (AvgIpc) is 3.27. The van der Waals surface area contributed by atoms with E-state index in [9.17, 15) is 18.0 Å². The first kappa shape index (κ1) is 16.3. The highest BCUT2D eigenvalue weighted by atomic mass is 32.2. The van der Waals surface area contributed by atoms with Gasteiger partial charge in [-0.15, -0.1) is 0 Å². The maximum absolute atomic E-state index is 12.2. The highest BCUT2D eigenvalue weighted by molar-refractivity contribution is 7.92. The third-order valence-corrected chi connectivity index (χ3v) is 5.96. The van der Waals surface area contributed by atoms with E-state index in [1.165, 1.54) is 7.11 Å². The van der Waals surface area contributed by atoms with Crippen LogP contribution >= 0.6 is 0 Å². The highest BCUT2D eigenvalue weighted by Gasteiger charge is 2.48. The SMILES string of the molecule is CCN(C(=O)CS(=O)(=O)CC1(CC(=O)OC)CC1)C1CC1. The zero-order chi connectivity index (χ0) is 15.7. The summed E-state index contributed by atoms with van der Waals surface area (Å²) in [6.07, 6.45) is 3.46. The second kappa shape index (κ2) is 5.94. The molecule has 0 bridgehead atoms. The van der Waals surface area contributed by atoms with Crippen molar-refractivity contribution >= 4 is 21.7 Å². The number of nitrogens with zero attached hydrogens (tertiary/aromatic N) is 1. The fraction of sp³-hybridized carbons (Fsp3) is 0.857. The summed E-state index contributed by atoms with van der Waals surface area (Å²) in [5.74, 6) is -1.24. The fourth-order valence-corrected chi connectivity index (χ4v) is 4.71. The quantitative estimate of drug-likeness (QED) is 0.617. The zero-order valence-corrected chi connectivity index (χ0v) is 13.4. The Morgan fingerprint density at radius 2 is 1.90 bits per heavy atom. The van der Waals surface area contributed by atoms with Gasteiger partial charge in [0.2, 0.25) is 5.91 Å². The molecule has 120 valence electrons. The van der Waals surface area contributed by atoms with E-state index < -0.39 is 21.0 Å². The van der Waals surface area contributed by atoms with Crippen LogP contribution in [0.3, 0.4) is 0 Å². The van der Waals surface area contributed by atoms with Crippen molar-refractivity contribution in [3.05, 3.63) is 0 Å². The van der Waals surface area contributed by atoms with Gasteiger partial charge in [-0.05, 0) is 38.0 Å².